The van der Waals surface area contributed by atoms with Crippen LogP contribution in [0.4, 0.5) is 0 Å². The fraction of sp³-hybridized carbons (Fsp3) is 1.00. The largest absolute Gasteiger partial charge is 0.389 e. The Balaban J connectivity index is 2.04. The van der Waals surface area contributed by atoms with Crippen molar-refractivity contribution in [3.05, 3.63) is 0 Å². The molecule has 2 heteroatoms. The second-order valence-electron chi connectivity index (χ2n) is 5.31. The summed E-state index contributed by atoms with van der Waals surface area (Å²) < 4.78 is 5.77. The quantitative estimate of drug-likeness (QED) is 0.738. The molecule has 0 bridgehead atoms. The highest BCUT2D eigenvalue weighted by Crippen LogP contribution is 2.46. The van der Waals surface area contributed by atoms with Crippen molar-refractivity contribution in [1.29, 1.82) is 0 Å². The lowest BCUT2D eigenvalue weighted by Gasteiger charge is -2.49. The highest BCUT2D eigenvalue weighted by Gasteiger charge is 2.47. The van der Waals surface area contributed by atoms with E-state index in [2.05, 4.69) is 13.8 Å². The Hall–Kier alpha value is -0.0800. The minimum atomic E-state index is -0.415. The molecule has 0 aromatic rings. The van der Waals surface area contributed by atoms with E-state index >= 15 is 0 Å². The molecule has 1 saturated heterocycles. The zero-order chi connectivity index (χ0) is 10.2. The van der Waals surface area contributed by atoms with E-state index < -0.39 is 5.60 Å². The van der Waals surface area contributed by atoms with Gasteiger partial charge in [-0.25, -0.2) is 0 Å². The number of rotatable bonds is 2. The molecule has 1 aliphatic carbocycles. The molecule has 1 saturated carbocycles. The summed E-state index contributed by atoms with van der Waals surface area (Å²) in [5, 5.41) is 10.6. The van der Waals surface area contributed by atoms with Crippen LogP contribution >= 0.6 is 0 Å². The summed E-state index contributed by atoms with van der Waals surface area (Å²) in [6, 6.07) is 0. The van der Waals surface area contributed by atoms with Gasteiger partial charge < -0.3 is 9.84 Å². The molecule has 0 spiro atoms. The predicted octanol–water partition coefficient (Wildman–Crippen LogP) is 2.50. The minimum Gasteiger partial charge on any atom is -0.389 e. The first kappa shape index (κ1) is 10.4. The summed E-state index contributed by atoms with van der Waals surface area (Å²) in [6.07, 6.45) is 6.42. The molecule has 1 aliphatic heterocycles. The van der Waals surface area contributed by atoms with Gasteiger partial charge in [-0.3, -0.25) is 0 Å². The molecule has 0 aromatic heterocycles. The van der Waals surface area contributed by atoms with Crippen LogP contribution in [0.15, 0.2) is 0 Å². The van der Waals surface area contributed by atoms with E-state index in [1.165, 1.54) is 19.3 Å². The molecular weight excluding hydrogens is 176 g/mol. The Bertz CT molecular complexity index is 212. The van der Waals surface area contributed by atoms with Crippen LogP contribution in [0.25, 0.3) is 0 Å². The Morgan fingerprint density at radius 3 is 2.64 bits per heavy atom. The van der Waals surface area contributed by atoms with Crippen LogP contribution in [-0.2, 0) is 4.74 Å². The summed E-state index contributed by atoms with van der Waals surface area (Å²) in [5.41, 5.74) is -0.496. The molecule has 2 rings (SSSR count). The van der Waals surface area contributed by atoms with E-state index in [4.69, 9.17) is 4.74 Å². The number of hydrogen-bond donors (Lipinski definition) is 1. The average molecular weight is 198 g/mol. The zero-order valence-corrected chi connectivity index (χ0v) is 9.38. The van der Waals surface area contributed by atoms with Gasteiger partial charge in [-0.1, -0.05) is 13.3 Å². The second-order valence-corrected chi connectivity index (χ2v) is 5.31. The maximum absolute atomic E-state index is 10.6. The third-order valence-electron chi connectivity index (χ3n) is 4.28. The van der Waals surface area contributed by atoms with Gasteiger partial charge in [0.1, 0.15) is 0 Å². The summed E-state index contributed by atoms with van der Waals surface area (Å²) in [6.45, 7) is 5.01. The van der Waals surface area contributed by atoms with Crippen molar-refractivity contribution >= 4 is 0 Å². The molecular formula is C12H22O2. The van der Waals surface area contributed by atoms with E-state index in [1.54, 1.807) is 0 Å². The van der Waals surface area contributed by atoms with Crippen LogP contribution < -0.4 is 0 Å². The molecule has 2 fully saturated rings. The third-order valence-corrected chi connectivity index (χ3v) is 4.28. The number of aliphatic hydroxyl groups is 1. The van der Waals surface area contributed by atoms with E-state index in [0.717, 1.165) is 25.9 Å². The standard InChI is InChI=1S/C12H22O2/c1-3-11(2)9-12(13,7-8-14-11)10-5-4-6-10/h10,13H,3-9H2,1-2H3. The molecule has 2 atom stereocenters. The van der Waals surface area contributed by atoms with Crippen molar-refractivity contribution in [1.82, 2.24) is 0 Å². The van der Waals surface area contributed by atoms with Crippen molar-refractivity contribution in [2.75, 3.05) is 6.61 Å². The molecule has 14 heavy (non-hydrogen) atoms. The zero-order valence-electron chi connectivity index (χ0n) is 9.38. The smallest absolute Gasteiger partial charge is 0.0725 e. The van der Waals surface area contributed by atoms with Gasteiger partial charge in [-0.05, 0) is 38.5 Å². The van der Waals surface area contributed by atoms with Gasteiger partial charge in [-0.15, -0.1) is 0 Å². The van der Waals surface area contributed by atoms with Crippen LogP contribution in [-0.4, -0.2) is 22.9 Å². The molecule has 0 amide bonds. The maximum atomic E-state index is 10.6. The van der Waals surface area contributed by atoms with Crippen LogP contribution in [0.1, 0.15) is 52.4 Å². The van der Waals surface area contributed by atoms with Gasteiger partial charge >= 0.3 is 0 Å². The van der Waals surface area contributed by atoms with Crippen LogP contribution in [0.3, 0.4) is 0 Å². The lowest BCUT2D eigenvalue weighted by Crippen LogP contribution is -2.52. The highest BCUT2D eigenvalue weighted by atomic mass is 16.5. The molecule has 2 nitrogen and oxygen atoms in total. The van der Waals surface area contributed by atoms with E-state index in [0.29, 0.717) is 5.92 Å². The SMILES string of the molecule is CCC1(C)CC(O)(C2CCC2)CCO1. The van der Waals surface area contributed by atoms with Crippen molar-refractivity contribution < 1.29 is 9.84 Å². The van der Waals surface area contributed by atoms with E-state index in [1.807, 2.05) is 0 Å². The Labute approximate surface area is 86.6 Å². The Morgan fingerprint density at radius 2 is 2.14 bits per heavy atom. The molecule has 2 aliphatic rings. The van der Waals surface area contributed by atoms with Crippen LogP contribution in [0, 0.1) is 5.92 Å². The fourth-order valence-electron chi connectivity index (χ4n) is 2.78. The van der Waals surface area contributed by atoms with Crippen LogP contribution in [0.2, 0.25) is 0 Å². The van der Waals surface area contributed by atoms with E-state index in [9.17, 15) is 5.11 Å². The fourth-order valence-corrected chi connectivity index (χ4v) is 2.78. The normalized spacial score (nSPS) is 44.8. The molecule has 0 aromatic carbocycles. The van der Waals surface area contributed by atoms with Gasteiger partial charge in [-0.2, -0.15) is 0 Å². The predicted molar refractivity (Wildman–Crippen MR) is 56.2 cm³/mol. The topological polar surface area (TPSA) is 29.5 Å². The van der Waals surface area contributed by atoms with Gasteiger partial charge in [0.15, 0.2) is 0 Å². The lowest BCUT2D eigenvalue weighted by atomic mass is 9.66. The van der Waals surface area contributed by atoms with Gasteiger partial charge in [0.25, 0.3) is 0 Å². The molecule has 1 heterocycles. The highest BCUT2D eigenvalue weighted by molar-refractivity contribution is 4.98. The van der Waals surface area contributed by atoms with Gasteiger partial charge in [0, 0.05) is 6.42 Å². The summed E-state index contributed by atoms with van der Waals surface area (Å²) in [5.74, 6) is 0.553. The lowest BCUT2D eigenvalue weighted by molar-refractivity contribution is -0.184. The van der Waals surface area contributed by atoms with Crippen molar-refractivity contribution in [3.8, 4) is 0 Å². The van der Waals surface area contributed by atoms with Crippen molar-refractivity contribution in [3.63, 3.8) is 0 Å². The van der Waals surface area contributed by atoms with E-state index in [-0.39, 0.29) is 5.60 Å². The average Bonchev–Trinajstić information content (AvgIpc) is 1.99. The molecule has 82 valence electrons. The van der Waals surface area contributed by atoms with Gasteiger partial charge in [0.2, 0.25) is 0 Å². The monoisotopic (exact) mass is 198 g/mol. The van der Waals surface area contributed by atoms with Crippen molar-refractivity contribution in [2.24, 2.45) is 5.92 Å². The number of hydrogen-bond acceptors (Lipinski definition) is 2. The van der Waals surface area contributed by atoms with Crippen LogP contribution in [0.5, 0.6) is 0 Å². The minimum absolute atomic E-state index is 0.0808. The van der Waals surface area contributed by atoms with Gasteiger partial charge in [0.05, 0.1) is 17.8 Å². The maximum Gasteiger partial charge on any atom is 0.0725 e. The second kappa shape index (κ2) is 3.49. The number of ether oxygens (including phenoxy) is 1. The Kier molecular flexibility index (Phi) is 2.61. The Morgan fingerprint density at radius 1 is 1.43 bits per heavy atom. The molecule has 1 N–H and O–H groups in total. The summed E-state index contributed by atoms with van der Waals surface area (Å²) in [4.78, 5) is 0. The first-order valence-electron chi connectivity index (χ1n) is 5.94. The summed E-state index contributed by atoms with van der Waals surface area (Å²) >= 11 is 0. The first-order valence-corrected chi connectivity index (χ1v) is 5.94. The molecule has 2 unspecified atom stereocenters. The third kappa shape index (κ3) is 1.70. The first-order chi connectivity index (χ1) is 6.58. The molecule has 0 radical (unpaired) electrons. The van der Waals surface area contributed by atoms with Crippen molar-refractivity contribution in [2.45, 2.75) is 63.6 Å². The summed E-state index contributed by atoms with van der Waals surface area (Å²) in [7, 11) is 0.